The monoisotopic (exact) mass is 498 g/mol. The van der Waals surface area contributed by atoms with E-state index >= 15 is 0 Å². The lowest BCUT2D eigenvalue weighted by Gasteiger charge is -2.30. The average Bonchev–Trinajstić information content (AvgIpc) is 3.33. The molecule has 0 atom stereocenters. The first-order valence-corrected chi connectivity index (χ1v) is 10.5. The van der Waals surface area contributed by atoms with Crippen LogP contribution in [0.15, 0.2) is 45.6 Å². The largest absolute Gasteiger partial charge is 0.342 e. The Labute approximate surface area is 174 Å². The second kappa shape index (κ2) is 8.23. The van der Waals surface area contributed by atoms with Gasteiger partial charge in [0.25, 0.3) is 0 Å². The van der Waals surface area contributed by atoms with E-state index in [0.717, 1.165) is 27.0 Å². The number of hydrogen-bond donors (Lipinski definition) is 0. The van der Waals surface area contributed by atoms with Crippen LogP contribution in [0.3, 0.4) is 0 Å². The Hall–Kier alpha value is -0.900. The van der Waals surface area contributed by atoms with Crippen molar-refractivity contribution in [3.63, 3.8) is 0 Å². The van der Waals surface area contributed by atoms with Gasteiger partial charge in [-0.1, -0.05) is 12.1 Å². The van der Waals surface area contributed by atoms with Gasteiger partial charge in [-0.05, 0) is 62.5 Å². The number of aromatic nitrogens is 2. The van der Waals surface area contributed by atoms with Crippen molar-refractivity contribution in [2.45, 2.75) is 30.8 Å². The van der Waals surface area contributed by atoms with Gasteiger partial charge in [0.2, 0.25) is 11.6 Å². The normalized spacial score (nSPS) is 20.8. The number of ether oxygens (including phenoxy) is 4. The van der Waals surface area contributed by atoms with E-state index in [-0.39, 0.29) is 0 Å². The van der Waals surface area contributed by atoms with Gasteiger partial charge >= 0.3 is 0 Å². The number of halogens is 2. The lowest BCUT2D eigenvalue weighted by atomic mass is 9.99. The first kappa shape index (κ1) is 19.4. The van der Waals surface area contributed by atoms with Crippen molar-refractivity contribution in [1.82, 2.24) is 9.97 Å². The Morgan fingerprint density at radius 1 is 0.704 bits per heavy atom. The van der Waals surface area contributed by atoms with Crippen LogP contribution in [0.4, 0.5) is 0 Å². The lowest BCUT2D eigenvalue weighted by molar-refractivity contribution is -0.194. The van der Waals surface area contributed by atoms with Crippen molar-refractivity contribution >= 4 is 31.9 Å². The third-order valence-corrected chi connectivity index (χ3v) is 5.61. The summed E-state index contributed by atoms with van der Waals surface area (Å²) in [6.07, 6.45) is 2.07. The maximum atomic E-state index is 5.99. The summed E-state index contributed by atoms with van der Waals surface area (Å²) in [4.78, 5) is 9.10. The van der Waals surface area contributed by atoms with E-state index in [1.165, 1.54) is 0 Å². The summed E-state index contributed by atoms with van der Waals surface area (Å²) in [7, 11) is 0. The van der Waals surface area contributed by atoms with Crippen LogP contribution in [0, 0.1) is 0 Å². The van der Waals surface area contributed by atoms with E-state index in [2.05, 4.69) is 41.8 Å². The number of rotatable bonds is 6. The van der Waals surface area contributed by atoms with Crippen molar-refractivity contribution in [2.75, 3.05) is 26.4 Å². The fourth-order valence-corrected chi connectivity index (χ4v) is 4.23. The fraction of sp³-hybridized carbons (Fsp3) is 0.474. The molecule has 2 aromatic heterocycles. The number of pyridine rings is 2. The molecule has 0 radical (unpaired) electrons. The molecular formula is C19H20Br2N2O4. The van der Waals surface area contributed by atoms with Crippen molar-refractivity contribution in [3.8, 4) is 0 Å². The number of hydrogen-bond acceptors (Lipinski definition) is 6. The minimum Gasteiger partial charge on any atom is -0.342 e. The standard InChI is InChI=1S/C19H20Br2N2O4/c20-16-6-1-4-14(22-16)18(24-10-11-25-18)8-3-9-19(26-12-13-27-19)15-5-2-7-17(21)23-15/h1-2,4-7H,3,8-13H2. The van der Waals surface area contributed by atoms with E-state index < -0.39 is 11.6 Å². The average molecular weight is 500 g/mol. The zero-order valence-corrected chi connectivity index (χ0v) is 17.9. The predicted octanol–water partition coefficient (Wildman–Crippen LogP) is 4.27. The van der Waals surface area contributed by atoms with Crippen LogP contribution in [0.1, 0.15) is 30.7 Å². The molecule has 0 amide bonds. The van der Waals surface area contributed by atoms with Gasteiger partial charge in [-0.15, -0.1) is 0 Å². The van der Waals surface area contributed by atoms with Crippen molar-refractivity contribution in [1.29, 1.82) is 0 Å². The molecule has 0 bridgehead atoms. The van der Waals surface area contributed by atoms with Gasteiger partial charge in [-0.2, -0.15) is 0 Å². The van der Waals surface area contributed by atoms with Crippen LogP contribution in [0.25, 0.3) is 0 Å². The van der Waals surface area contributed by atoms with Crippen LogP contribution in [-0.4, -0.2) is 36.4 Å². The molecule has 2 aliphatic heterocycles. The smallest absolute Gasteiger partial charge is 0.212 e. The highest BCUT2D eigenvalue weighted by Gasteiger charge is 2.43. The van der Waals surface area contributed by atoms with Gasteiger partial charge in [-0.3, -0.25) is 0 Å². The van der Waals surface area contributed by atoms with E-state index in [0.29, 0.717) is 39.3 Å². The second-order valence-corrected chi connectivity index (χ2v) is 8.07. The van der Waals surface area contributed by atoms with E-state index in [9.17, 15) is 0 Å². The molecule has 0 saturated carbocycles. The van der Waals surface area contributed by atoms with Crippen molar-refractivity contribution < 1.29 is 18.9 Å². The van der Waals surface area contributed by atoms with Crippen molar-refractivity contribution in [2.24, 2.45) is 0 Å². The molecule has 2 aromatic rings. The van der Waals surface area contributed by atoms with Gasteiger partial charge in [0.1, 0.15) is 20.6 Å². The van der Waals surface area contributed by atoms with Crippen molar-refractivity contribution in [3.05, 3.63) is 57.0 Å². The predicted molar refractivity (Wildman–Crippen MR) is 105 cm³/mol. The summed E-state index contributed by atoms with van der Waals surface area (Å²) in [5.74, 6) is -1.65. The van der Waals surface area contributed by atoms with Gasteiger partial charge in [-0.25, -0.2) is 9.97 Å². The first-order chi connectivity index (χ1) is 13.1. The summed E-state index contributed by atoms with van der Waals surface area (Å²) in [5.41, 5.74) is 1.55. The highest BCUT2D eigenvalue weighted by atomic mass is 79.9. The Balaban J connectivity index is 1.51. The van der Waals surface area contributed by atoms with Gasteiger partial charge in [0.15, 0.2) is 0 Å². The minimum atomic E-state index is -0.825. The molecular weight excluding hydrogens is 480 g/mol. The van der Waals surface area contributed by atoms with E-state index in [1.807, 2.05) is 36.4 Å². The topological polar surface area (TPSA) is 62.7 Å². The molecule has 0 aliphatic carbocycles. The molecule has 0 unspecified atom stereocenters. The van der Waals surface area contributed by atoms with Crippen LogP contribution < -0.4 is 0 Å². The van der Waals surface area contributed by atoms with Crippen LogP contribution in [-0.2, 0) is 30.5 Å². The highest BCUT2D eigenvalue weighted by molar-refractivity contribution is 9.10. The molecule has 6 nitrogen and oxygen atoms in total. The fourth-order valence-electron chi connectivity index (χ4n) is 3.54. The molecule has 4 heterocycles. The summed E-state index contributed by atoms with van der Waals surface area (Å²) >= 11 is 6.85. The Morgan fingerprint density at radius 2 is 1.11 bits per heavy atom. The molecule has 4 rings (SSSR count). The van der Waals surface area contributed by atoms with Gasteiger partial charge in [0, 0.05) is 12.8 Å². The molecule has 2 saturated heterocycles. The lowest BCUT2D eigenvalue weighted by Crippen LogP contribution is -2.32. The maximum Gasteiger partial charge on any atom is 0.212 e. The zero-order valence-electron chi connectivity index (χ0n) is 14.7. The maximum absolute atomic E-state index is 5.99. The summed E-state index contributed by atoms with van der Waals surface area (Å²) in [6.45, 7) is 2.22. The van der Waals surface area contributed by atoms with E-state index in [4.69, 9.17) is 18.9 Å². The quantitative estimate of drug-likeness (QED) is 0.553. The van der Waals surface area contributed by atoms with Crippen LogP contribution in [0.2, 0.25) is 0 Å². The zero-order chi connectivity index (χ0) is 18.7. The number of nitrogens with zero attached hydrogens (tertiary/aromatic N) is 2. The molecule has 0 aromatic carbocycles. The Bertz CT molecular complexity index is 727. The van der Waals surface area contributed by atoms with Crippen LogP contribution in [0.5, 0.6) is 0 Å². The molecule has 27 heavy (non-hydrogen) atoms. The van der Waals surface area contributed by atoms with Gasteiger partial charge in [0.05, 0.1) is 26.4 Å². The van der Waals surface area contributed by atoms with Gasteiger partial charge < -0.3 is 18.9 Å². The minimum absolute atomic E-state index is 0.555. The molecule has 2 aliphatic rings. The third kappa shape index (κ3) is 4.11. The molecule has 0 N–H and O–H groups in total. The molecule has 8 heteroatoms. The Morgan fingerprint density at radius 3 is 1.48 bits per heavy atom. The SMILES string of the molecule is Brc1cccc(C2(CCCC3(c4cccc(Br)n4)OCCO3)OCCO2)n1. The summed E-state index contributed by atoms with van der Waals surface area (Å²) in [5, 5.41) is 0. The summed E-state index contributed by atoms with van der Waals surface area (Å²) in [6, 6.07) is 11.5. The molecule has 2 fully saturated rings. The summed E-state index contributed by atoms with van der Waals surface area (Å²) < 4.78 is 25.5. The highest BCUT2D eigenvalue weighted by Crippen LogP contribution is 2.40. The molecule has 144 valence electrons. The Kier molecular flexibility index (Phi) is 5.92. The third-order valence-electron chi connectivity index (χ3n) is 4.73. The second-order valence-electron chi connectivity index (χ2n) is 6.44. The first-order valence-electron chi connectivity index (χ1n) is 8.94. The molecule has 0 spiro atoms. The van der Waals surface area contributed by atoms with E-state index in [1.54, 1.807) is 0 Å². The van der Waals surface area contributed by atoms with Crippen LogP contribution >= 0.6 is 31.9 Å².